The number of hydrogen-bond donors (Lipinski definition) is 1. The second-order valence-corrected chi connectivity index (χ2v) is 9.39. The van der Waals surface area contributed by atoms with E-state index in [0.717, 1.165) is 29.0 Å². The van der Waals surface area contributed by atoms with Crippen LogP contribution in [0.4, 0.5) is 10.1 Å². The molecule has 0 spiro atoms. The Morgan fingerprint density at radius 3 is 2.51 bits per heavy atom. The highest BCUT2D eigenvalue weighted by atomic mass is 32.1. The van der Waals surface area contributed by atoms with Crippen molar-refractivity contribution in [3.05, 3.63) is 81.1 Å². The van der Waals surface area contributed by atoms with E-state index in [-0.39, 0.29) is 30.0 Å². The number of carbonyl (C=O) groups is 3. The molecule has 0 saturated carbocycles. The molecule has 2 amide bonds. The molecule has 1 fully saturated rings. The molecule has 1 saturated heterocycles. The number of piperidine rings is 1. The molecular formula is C26H26FN3O4S. The van der Waals surface area contributed by atoms with Crippen LogP contribution in [0.3, 0.4) is 0 Å². The Hall–Kier alpha value is -3.59. The number of rotatable bonds is 6. The number of nitrogens with one attached hydrogen (secondary N) is 1. The molecule has 35 heavy (non-hydrogen) atoms. The van der Waals surface area contributed by atoms with Crippen LogP contribution in [0, 0.1) is 12.7 Å². The van der Waals surface area contributed by atoms with Gasteiger partial charge in [0.05, 0.1) is 24.1 Å². The number of carbonyl (C=O) groups excluding carboxylic acids is 3. The topological polar surface area (TPSA) is 88.6 Å². The third-order valence-corrected chi connectivity index (χ3v) is 7.12. The maximum absolute atomic E-state index is 13.1. The summed E-state index contributed by atoms with van der Waals surface area (Å²) in [4.78, 5) is 43.4. The van der Waals surface area contributed by atoms with Gasteiger partial charge in [-0.25, -0.2) is 14.2 Å². The van der Waals surface area contributed by atoms with Gasteiger partial charge in [-0.15, -0.1) is 11.3 Å². The average Bonchev–Trinajstić information content (AvgIpc) is 3.37. The Balaban J connectivity index is 1.32. The third kappa shape index (κ3) is 5.92. The number of halogens is 1. The lowest BCUT2D eigenvalue weighted by Gasteiger charge is -2.31. The van der Waals surface area contributed by atoms with E-state index >= 15 is 0 Å². The van der Waals surface area contributed by atoms with Gasteiger partial charge in [-0.3, -0.25) is 9.59 Å². The van der Waals surface area contributed by atoms with E-state index in [1.807, 2.05) is 4.90 Å². The highest BCUT2D eigenvalue weighted by Gasteiger charge is 2.26. The van der Waals surface area contributed by atoms with Gasteiger partial charge in [0.1, 0.15) is 11.5 Å². The number of nitrogens with zero attached hydrogens (tertiary/aromatic N) is 2. The molecule has 0 bridgehead atoms. The number of ether oxygens (including phenoxy) is 1. The van der Waals surface area contributed by atoms with E-state index in [1.165, 1.54) is 30.6 Å². The maximum Gasteiger partial charge on any atom is 0.337 e. The fraction of sp³-hybridized carbons (Fsp3) is 0.308. The molecule has 1 aliphatic rings. The minimum absolute atomic E-state index is 0.0304. The fourth-order valence-electron chi connectivity index (χ4n) is 4.08. The lowest BCUT2D eigenvalue weighted by atomic mass is 9.97. The number of esters is 1. The second kappa shape index (κ2) is 10.8. The zero-order valence-electron chi connectivity index (χ0n) is 19.5. The van der Waals surface area contributed by atoms with E-state index < -0.39 is 5.97 Å². The number of methoxy groups -OCH3 is 1. The van der Waals surface area contributed by atoms with Crippen LogP contribution in [0.1, 0.15) is 55.7 Å². The number of hydrogen-bond acceptors (Lipinski definition) is 6. The van der Waals surface area contributed by atoms with Crippen LogP contribution in [0.25, 0.3) is 0 Å². The Labute approximate surface area is 206 Å². The summed E-state index contributed by atoms with van der Waals surface area (Å²) in [5.74, 6) is -0.836. The molecule has 0 radical (unpaired) electrons. The lowest BCUT2D eigenvalue weighted by Crippen LogP contribution is -2.38. The summed E-state index contributed by atoms with van der Waals surface area (Å²) in [6, 6.07) is 10.9. The Morgan fingerprint density at radius 2 is 1.86 bits per heavy atom. The number of anilines is 1. The largest absolute Gasteiger partial charge is 0.465 e. The van der Waals surface area contributed by atoms with Gasteiger partial charge in [0.2, 0.25) is 5.91 Å². The molecule has 0 unspecified atom stereocenters. The number of aryl methyl sites for hydroxylation is 1. The zero-order chi connectivity index (χ0) is 24.9. The first kappa shape index (κ1) is 24.5. The summed E-state index contributed by atoms with van der Waals surface area (Å²) >= 11 is 1.45. The first-order valence-electron chi connectivity index (χ1n) is 11.3. The van der Waals surface area contributed by atoms with Crippen molar-refractivity contribution < 1.29 is 23.5 Å². The number of thiazole rings is 1. The van der Waals surface area contributed by atoms with Crippen LogP contribution in [-0.2, 0) is 16.0 Å². The molecule has 3 aromatic rings. The van der Waals surface area contributed by atoms with Gasteiger partial charge in [0.15, 0.2) is 0 Å². The van der Waals surface area contributed by atoms with Crippen molar-refractivity contribution in [2.45, 2.75) is 32.1 Å². The molecule has 1 N–H and O–H groups in total. The molecule has 0 aliphatic carbocycles. The molecule has 0 atom stereocenters. The molecule has 182 valence electrons. The van der Waals surface area contributed by atoms with E-state index in [2.05, 4.69) is 10.3 Å². The SMILES string of the molecule is COC(=O)c1ccc(NC(=O)c2csc(C3CCN(C(=O)Cc4ccc(F)cc4)CC3)n2)c(C)c1. The Kier molecular flexibility index (Phi) is 7.55. The monoisotopic (exact) mass is 495 g/mol. The van der Waals surface area contributed by atoms with E-state index in [4.69, 9.17) is 4.74 Å². The van der Waals surface area contributed by atoms with Gasteiger partial charge in [-0.2, -0.15) is 0 Å². The summed E-state index contributed by atoms with van der Waals surface area (Å²) in [5, 5.41) is 5.48. The van der Waals surface area contributed by atoms with Crippen molar-refractivity contribution in [1.29, 1.82) is 0 Å². The normalized spacial score (nSPS) is 14.0. The van der Waals surface area contributed by atoms with Crippen molar-refractivity contribution in [3.8, 4) is 0 Å². The Morgan fingerprint density at radius 1 is 1.14 bits per heavy atom. The van der Waals surface area contributed by atoms with Gasteiger partial charge in [-0.05, 0) is 61.2 Å². The van der Waals surface area contributed by atoms with Crippen LogP contribution < -0.4 is 5.32 Å². The van der Waals surface area contributed by atoms with Crippen LogP contribution in [-0.4, -0.2) is 47.9 Å². The molecular weight excluding hydrogens is 469 g/mol. The molecule has 1 aliphatic heterocycles. The highest BCUT2D eigenvalue weighted by Crippen LogP contribution is 2.31. The van der Waals surface area contributed by atoms with Crippen LogP contribution in [0.5, 0.6) is 0 Å². The molecule has 2 aromatic carbocycles. The second-order valence-electron chi connectivity index (χ2n) is 8.50. The minimum atomic E-state index is -0.432. The average molecular weight is 496 g/mol. The predicted octanol–water partition coefficient (Wildman–Crippen LogP) is 4.58. The number of amides is 2. The van der Waals surface area contributed by atoms with Crippen molar-refractivity contribution in [3.63, 3.8) is 0 Å². The van der Waals surface area contributed by atoms with Gasteiger partial charge in [0, 0.05) is 30.1 Å². The first-order chi connectivity index (χ1) is 16.8. The summed E-state index contributed by atoms with van der Waals surface area (Å²) < 4.78 is 17.8. The smallest absolute Gasteiger partial charge is 0.337 e. The minimum Gasteiger partial charge on any atom is -0.465 e. The van der Waals surface area contributed by atoms with Crippen LogP contribution >= 0.6 is 11.3 Å². The van der Waals surface area contributed by atoms with Crippen LogP contribution in [0.15, 0.2) is 47.8 Å². The van der Waals surface area contributed by atoms with Crippen molar-refractivity contribution >= 4 is 34.8 Å². The van der Waals surface area contributed by atoms with Crippen molar-refractivity contribution in [2.75, 3.05) is 25.5 Å². The lowest BCUT2D eigenvalue weighted by molar-refractivity contribution is -0.131. The highest BCUT2D eigenvalue weighted by molar-refractivity contribution is 7.10. The van der Waals surface area contributed by atoms with Gasteiger partial charge < -0.3 is 15.0 Å². The summed E-state index contributed by atoms with van der Waals surface area (Å²) in [5.41, 5.74) is 2.90. The molecule has 7 nitrogen and oxygen atoms in total. The standard InChI is InChI=1S/C26H26FN3O4S/c1-16-13-19(26(33)34-2)5-8-21(16)28-24(32)22-15-35-25(29-22)18-9-11-30(12-10-18)23(31)14-17-3-6-20(27)7-4-17/h3-8,13,15,18H,9-12,14H2,1-2H3,(H,28,32). The van der Waals surface area contributed by atoms with E-state index in [1.54, 1.807) is 42.6 Å². The molecule has 2 heterocycles. The summed E-state index contributed by atoms with van der Waals surface area (Å²) in [6.07, 6.45) is 1.81. The maximum atomic E-state index is 13.1. The number of aromatic nitrogens is 1. The van der Waals surface area contributed by atoms with Gasteiger partial charge >= 0.3 is 5.97 Å². The number of benzene rings is 2. The molecule has 4 rings (SSSR count). The quantitative estimate of drug-likeness (QED) is 0.506. The first-order valence-corrected chi connectivity index (χ1v) is 12.2. The molecule has 1 aromatic heterocycles. The third-order valence-electron chi connectivity index (χ3n) is 6.12. The zero-order valence-corrected chi connectivity index (χ0v) is 20.4. The van der Waals surface area contributed by atoms with Crippen molar-refractivity contribution in [1.82, 2.24) is 9.88 Å². The Bertz CT molecular complexity index is 1230. The summed E-state index contributed by atoms with van der Waals surface area (Å²) in [7, 11) is 1.32. The fourth-order valence-corrected chi connectivity index (χ4v) is 5.05. The van der Waals surface area contributed by atoms with E-state index in [0.29, 0.717) is 30.0 Å². The van der Waals surface area contributed by atoms with Gasteiger partial charge in [0.25, 0.3) is 5.91 Å². The van der Waals surface area contributed by atoms with Crippen molar-refractivity contribution in [2.24, 2.45) is 0 Å². The van der Waals surface area contributed by atoms with Gasteiger partial charge in [-0.1, -0.05) is 12.1 Å². The predicted molar refractivity (Wildman–Crippen MR) is 131 cm³/mol. The molecule has 9 heteroatoms. The summed E-state index contributed by atoms with van der Waals surface area (Å²) in [6.45, 7) is 3.05. The number of likely N-dealkylation sites (tertiary alicyclic amines) is 1. The van der Waals surface area contributed by atoms with Crippen LogP contribution in [0.2, 0.25) is 0 Å². The van der Waals surface area contributed by atoms with E-state index in [9.17, 15) is 18.8 Å².